The van der Waals surface area contributed by atoms with Crippen LogP contribution in [-0.4, -0.2) is 21.6 Å². The number of aryl methyl sites for hydroxylation is 1. The van der Waals surface area contributed by atoms with E-state index in [0.29, 0.717) is 17.4 Å². The van der Waals surface area contributed by atoms with Crippen LogP contribution in [0.4, 0.5) is 0 Å². The summed E-state index contributed by atoms with van der Waals surface area (Å²) in [6.07, 6.45) is 0.851. The average molecular weight is 323 g/mol. The third kappa shape index (κ3) is 2.97. The van der Waals surface area contributed by atoms with Gasteiger partial charge in [0.15, 0.2) is 0 Å². The Balaban J connectivity index is 1.70. The van der Waals surface area contributed by atoms with Gasteiger partial charge in [0.05, 0.1) is 6.61 Å². The highest BCUT2D eigenvalue weighted by Gasteiger charge is 2.26. The van der Waals surface area contributed by atoms with Gasteiger partial charge in [-0.2, -0.15) is 0 Å². The van der Waals surface area contributed by atoms with Crippen molar-refractivity contribution in [2.45, 2.75) is 23.5 Å². The van der Waals surface area contributed by atoms with E-state index in [-0.39, 0.29) is 5.92 Å². The molecular weight excluding hydrogens is 306 g/mol. The van der Waals surface area contributed by atoms with Gasteiger partial charge in [-0.3, -0.25) is 0 Å². The molecule has 2 heterocycles. The molecule has 0 amide bonds. The van der Waals surface area contributed by atoms with Gasteiger partial charge in [0.25, 0.3) is 0 Å². The Hall–Kier alpha value is -1.37. The van der Waals surface area contributed by atoms with Crippen LogP contribution in [0, 0.1) is 0 Å². The molecule has 0 radical (unpaired) electrons. The summed E-state index contributed by atoms with van der Waals surface area (Å²) in [6, 6.07) is 11.3. The molecule has 112 valence electrons. The van der Waals surface area contributed by atoms with E-state index in [9.17, 15) is 8.42 Å². The highest BCUT2D eigenvalue weighted by Crippen LogP contribution is 2.33. The van der Waals surface area contributed by atoms with Gasteiger partial charge in [-0.25, -0.2) is 13.1 Å². The third-order valence-corrected chi connectivity index (χ3v) is 6.71. The fourth-order valence-corrected chi connectivity index (χ4v) is 4.79. The molecule has 0 fully saturated rings. The number of nitrogens with one attached hydrogen (secondary N) is 1. The fraction of sp³-hybridized carbons (Fsp3) is 0.333. The van der Waals surface area contributed by atoms with Crippen LogP contribution < -0.4 is 9.46 Å². The first-order valence-electron chi connectivity index (χ1n) is 6.90. The second-order valence-electron chi connectivity index (χ2n) is 4.97. The molecule has 1 atom stereocenters. The maximum atomic E-state index is 12.3. The number of para-hydroxylation sites is 1. The Labute approximate surface area is 128 Å². The topological polar surface area (TPSA) is 55.4 Å². The molecule has 21 heavy (non-hydrogen) atoms. The lowest BCUT2D eigenvalue weighted by Gasteiger charge is -2.10. The van der Waals surface area contributed by atoms with Crippen LogP contribution in [0.15, 0.2) is 40.6 Å². The molecule has 1 aliphatic rings. The number of benzene rings is 1. The molecule has 1 N–H and O–H groups in total. The van der Waals surface area contributed by atoms with Gasteiger partial charge in [0, 0.05) is 22.9 Å². The lowest BCUT2D eigenvalue weighted by molar-refractivity contribution is 0.330. The number of rotatable bonds is 5. The van der Waals surface area contributed by atoms with E-state index in [1.165, 1.54) is 11.3 Å². The molecule has 0 saturated carbocycles. The summed E-state index contributed by atoms with van der Waals surface area (Å²) in [4.78, 5) is 1.07. The third-order valence-electron chi connectivity index (χ3n) is 3.57. The number of hydrogen-bond acceptors (Lipinski definition) is 4. The van der Waals surface area contributed by atoms with Crippen LogP contribution in [0.2, 0.25) is 0 Å². The standard InChI is InChI=1S/C15H17NO3S2/c1-2-12-7-8-15(20-12)21(17,18)16-9-11-10-19-14-6-4-3-5-13(11)14/h3-8,11,16H,2,9-10H2,1H3. The number of fused-ring (bicyclic) bond motifs is 1. The van der Waals surface area contributed by atoms with Crippen molar-refractivity contribution in [1.29, 1.82) is 0 Å². The first kappa shape index (κ1) is 14.6. The van der Waals surface area contributed by atoms with Crippen molar-refractivity contribution in [2.24, 2.45) is 0 Å². The van der Waals surface area contributed by atoms with E-state index in [4.69, 9.17) is 4.74 Å². The number of sulfonamides is 1. The van der Waals surface area contributed by atoms with E-state index < -0.39 is 10.0 Å². The second kappa shape index (κ2) is 5.79. The first-order chi connectivity index (χ1) is 10.1. The van der Waals surface area contributed by atoms with Gasteiger partial charge in [-0.1, -0.05) is 25.1 Å². The number of thiophene rings is 1. The van der Waals surface area contributed by atoms with Crippen LogP contribution in [0.3, 0.4) is 0 Å². The lowest BCUT2D eigenvalue weighted by atomic mass is 10.0. The maximum Gasteiger partial charge on any atom is 0.250 e. The zero-order chi connectivity index (χ0) is 14.9. The molecule has 0 aliphatic carbocycles. The molecule has 4 nitrogen and oxygen atoms in total. The summed E-state index contributed by atoms with van der Waals surface area (Å²) in [7, 11) is -3.43. The van der Waals surface area contributed by atoms with Crippen molar-refractivity contribution in [3.63, 3.8) is 0 Å². The molecule has 0 bridgehead atoms. The van der Waals surface area contributed by atoms with Crippen LogP contribution in [0.1, 0.15) is 23.3 Å². The normalized spacial score (nSPS) is 17.5. The minimum Gasteiger partial charge on any atom is -0.493 e. The van der Waals surface area contributed by atoms with E-state index >= 15 is 0 Å². The van der Waals surface area contributed by atoms with E-state index in [1.807, 2.05) is 37.3 Å². The quantitative estimate of drug-likeness (QED) is 0.920. The Kier molecular flexibility index (Phi) is 4.01. The second-order valence-corrected chi connectivity index (χ2v) is 8.13. The van der Waals surface area contributed by atoms with Crippen molar-refractivity contribution >= 4 is 21.4 Å². The fourth-order valence-electron chi connectivity index (χ4n) is 2.37. The van der Waals surface area contributed by atoms with Crippen LogP contribution in [0.5, 0.6) is 5.75 Å². The van der Waals surface area contributed by atoms with E-state index in [0.717, 1.165) is 22.6 Å². The summed E-state index contributed by atoms with van der Waals surface area (Å²) in [5.74, 6) is 0.924. The van der Waals surface area contributed by atoms with Gasteiger partial charge >= 0.3 is 0 Å². The Morgan fingerprint density at radius 2 is 2.10 bits per heavy atom. The molecule has 0 saturated heterocycles. The molecule has 1 aliphatic heterocycles. The maximum absolute atomic E-state index is 12.3. The summed E-state index contributed by atoms with van der Waals surface area (Å²) < 4.78 is 33.2. The van der Waals surface area contributed by atoms with Crippen molar-refractivity contribution < 1.29 is 13.2 Å². The molecule has 0 spiro atoms. The Morgan fingerprint density at radius 1 is 1.29 bits per heavy atom. The SMILES string of the molecule is CCc1ccc(S(=O)(=O)NCC2COc3ccccc32)s1. The number of ether oxygens (including phenoxy) is 1. The van der Waals surface area contributed by atoms with Crippen molar-refractivity contribution in [1.82, 2.24) is 4.72 Å². The van der Waals surface area contributed by atoms with Gasteiger partial charge in [-0.05, 0) is 24.6 Å². The van der Waals surface area contributed by atoms with Crippen molar-refractivity contribution in [3.05, 3.63) is 46.8 Å². The van der Waals surface area contributed by atoms with Gasteiger partial charge < -0.3 is 4.74 Å². The molecule has 1 aromatic carbocycles. The van der Waals surface area contributed by atoms with Crippen molar-refractivity contribution in [3.8, 4) is 5.75 Å². The Morgan fingerprint density at radius 3 is 2.86 bits per heavy atom. The van der Waals surface area contributed by atoms with Crippen LogP contribution in [-0.2, 0) is 16.4 Å². The Bertz CT molecular complexity index is 737. The minimum absolute atomic E-state index is 0.0709. The van der Waals surface area contributed by atoms with Crippen LogP contribution in [0.25, 0.3) is 0 Å². The largest absolute Gasteiger partial charge is 0.493 e. The first-order valence-corrected chi connectivity index (χ1v) is 9.20. The summed E-state index contributed by atoms with van der Waals surface area (Å²) >= 11 is 1.33. The highest BCUT2D eigenvalue weighted by molar-refractivity contribution is 7.91. The van der Waals surface area contributed by atoms with E-state index in [2.05, 4.69) is 4.72 Å². The lowest BCUT2D eigenvalue weighted by Crippen LogP contribution is -2.28. The predicted molar refractivity (Wildman–Crippen MR) is 83.6 cm³/mol. The predicted octanol–water partition coefficient (Wildman–Crippen LogP) is 2.77. The van der Waals surface area contributed by atoms with Crippen LogP contribution >= 0.6 is 11.3 Å². The monoisotopic (exact) mass is 323 g/mol. The summed E-state index contributed by atoms with van der Waals surface area (Å²) in [5.41, 5.74) is 1.07. The van der Waals surface area contributed by atoms with Crippen molar-refractivity contribution in [2.75, 3.05) is 13.2 Å². The smallest absolute Gasteiger partial charge is 0.250 e. The molecular formula is C15H17NO3S2. The molecule has 3 rings (SSSR count). The van der Waals surface area contributed by atoms with E-state index in [1.54, 1.807) is 6.07 Å². The summed E-state index contributed by atoms with van der Waals surface area (Å²) in [5, 5.41) is 0. The molecule has 1 aromatic heterocycles. The zero-order valence-electron chi connectivity index (χ0n) is 11.7. The van der Waals surface area contributed by atoms with Gasteiger partial charge in [0.2, 0.25) is 10.0 Å². The zero-order valence-corrected chi connectivity index (χ0v) is 13.3. The molecule has 2 aromatic rings. The molecule has 1 unspecified atom stereocenters. The number of hydrogen-bond donors (Lipinski definition) is 1. The van der Waals surface area contributed by atoms with Gasteiger partial charge in [-0.15, -0.1) is 11.3 Å². The van der Waals surface area contributed by atoms with Gasteiger partial charge in [0.1, 0.15) is 9.96 Å². The highest BCUT2D eigenvalue weighted by atomic mass is 32.2. The summed E-state index contributed by atoms with van der Waals surface area (Å²) in [6.45, 7) is 2.90. The minimum atomic E-state index is -3.43. The molecule has 6 heteroatoms. The average Bonchev–Trinajstić information content (AvgIpc) is 3.12.